The Bertz CT molecular complexity index is 1100. The number of rotatable bonds is 5. The third kappa shape index (κ3) is 3.89. The maximum absolute atomic E-state index is 14.5. The smallest absolute Gasteiger partial charge is 0.280 e. The van der Waals surface area contributed by atoms with Crippen LogP contribution in [-0.2, 0) is 6.61 Å². The summed E-state index contributed by atoms with van der Waals surface area (Å²) in [5.41, 5.74) is 2.71. The van der Waals surface area contributed by atoms with E-state index >= 15 is 0 Å². The van der Waals surface area contributed by atoms with E-state index < -0.39 is 30.2 Å². The number of amides is 1. The molecule has 0 aliphatic carbocycles. The Morgan fingerprint density at radius 3 is 2.93 bits per heavy atom. The van der Waals surface area contributed by atoms with Crippen molar-refractivity contribution in [2.75, 3.05) is 13.1 Å². The van der Waals surface area contributed by atoms with Crippen LogP contribution in [0.15, 0.2) is 22.1 Å². The van der Waals surface area contributed by atoms with E-state index in [0.717, 1.165) is 16.6 Å². The second-order valence-corrected chi connectivity index (χ2v) is 8.15. The lowest BCUT2D eigenvalue weighted by molar-refractivity contribution is -0.0487. The fraction of sp³-hybridized carbons (Fsp3) is 0.400. The number of aromatic nitrogens is 1. The van der Waals surface area contributed by atoms with Gasteiger partial charge in [-0.05, 0) is 32.9 Å². The number of hydrogen-bond acceptors (Lipinski definition) is 6. The molecular formula is C20H20F3N3O3S. The summed E-state index contributed by atoms with van der Waals surface area (Å²) in [6.07, 6.45) is 0.102. The molecule has 3 heterocycles. The lowest BCUT2D eigenvalue weighted by Gasteiger charge is -2.32. The molecule has 1 atom stereocenters. The van der Waals surface area contributed by atoms with E-state index in [0.29, 0.717) is 11.9 Å². The molecule has 1 fully saturated rings. The largest absolute Gasteiger partial charge is 0.485 e. The molecule has 1 amide bonds. The first-order valence-electron chi connectivity index (χ1n) is 9.40. The van der Waals surface area contributed by atoms with E-state index in [1.165, 1.54) is 24.3 Å². The highest BCUT2D eigenvalue weighted by atomic mass is 32.1. The highest BCUT2D eigenvalue weighted by Gasteiger charge is 2.42. The zero-order valence-electron chi connectivity index (χ0n) is 16.4. The molecule has 0 spiro atoms. The molecule has 1 aliphatic heterocycles. The first-order valence-corrected chi connectivity index (χ1v) is 10.3. The van der Waals surface area contributed by atoms with Gasteiger partial charge in [-0.2, -0.15) is 0 Å². The predicted octanol–water partition coefficient (Wildman–Crippen LogP) is 3.95. The molecule has 6 nitrogen and oxygen atoms in total. The Balaban J connectivity index is 1.62. The zero-order chi connectivity index (χ0) is 21.5. The lowest BCUT2D eigenvalue weighted by Crippen LogP contribution is -2.57. The van der Waals surface area contributed by atoms with Crippen LogP contribution in [-0.4, -0.2) is 35.9 Å². The van der Waals surface area contributed by atoms with Gasteiger partial charge < -0.3 is 19.8 Å². The summed E-state index contributed by atoms with van der Waals surface area (Å²) in [5.74, 6) is -4.23. The number of carbonyl (C=O) groups is 1. The first-order chi connectivity index (χ1) is 14.3. The SMILES string of the molecule is Cc1ncsc1COc1cc2c(C(=O)NC3CCNCC3(F)F)c(C)oc2cc1F. The molecule has 10 heteroatoms. The Morgan fingerprint density at radius 2 is 2.23 bits per heavy atom. The van der Waals surface area contributed by atoms with Crippen molar-refractivity contribution in [3.05, 3.63) is 45.4 Å². The van der Waals surface area contributed by atoms with Crippen LogP contribution in [0.2, 0.25) is 0 Å². The molecule has 2 aromatic heterocycles. The van der Waals surface area contributed by atoms with Crippen LogP contribution in [0.3, 0.4) is 0 Å². The number of aryl methyl sites for hydroxylation is 2. The summed E-state index contributed by atoms with van der Waals surface area (Å²) in [6, 6.07) is 1.21. The van der Waals surface area contributed by atoms with Gasteiger partial charge in [0.2, 0.25) is 0 Å². The summed E-state index contributed by atoms with van der Waals surface area (Å²) >= 11 is 1.39. The van der Waals surface area contributed by atoms with Gasteiger partial charge in [0.05, 0.1) is 34.2 Å². The molecule has 1 aliphatic rings. The number of nitrogens with zero attached hydrogens (tertiary/aromatic N) is 1. The molecule has 1 unspecified atom stereocenters. The second-order valence-electron chi connectivity index (χ2n) is 7.21. The van der Waals surface area contributed by atoms with E-state index in [9.17, 15) is 18.0 Å². The fourth-order valence-corrected chi connectivity index (χ4v) is 4.15. The van der Waals surface area contributed by atoms with Gasteiger partial charge in [0.1, 0.15) is 18.0 Å². The predicted molar refractivity (Wildman–Crippen MR) is 106 cm³/mol. The van der Waals surface area contributed by atoms with Crippen LogP contribution in [0.25, 0.3) is 11.0 Å². The number of fused-ring (bicyclic) bond motifs is 1. The van der Waals surface area contributed by atoms with Crippen LogP contribution >= 0.6 is 11.3 Å². The third-order valence-electron chi connectivity index (χ3n) is 5.13. The minimum atomic E-state index is -3.06. The highest BCUT2D eigenvalue weighted by Crippen LogP contribution is 2.33. The van der Waals surface area contributed by atoms with E-state index in [1.54, 1.807) is 5.51 Å². The first kappa shape index (κ1) is 20.7. The summed E-state index contributed by atoms with van der Waals surface area (Å²) in [6.45, 7) is 3.37. The number of furan rings is 1. The topological polar surface area (TPSA) is 76.4 Å². The monoisotopic (exact) mass is 439 g/mol. The molecule has 0 radical (unpaired) electrons. The van der Waals surface area contributed by atoms with Crippen molar-refractivity contribution < 1.29 is 27.1 Å². The minimum Gasteiger partial charge on any atom is -0.485 e. The Morgan fingerprint density at radius 1 is 1.43 bits per heavy atom. The zero-order valence-corrected chi connectivity index (χ0v) is 17.2. The van der Waals surface area contributed by atoms with E-state index in [2.05, 4.69) is 15.6 Å². The summed E-state index contributed by atoms with van der Waals surface area (Å²) in [7, 11) is 0. The van der Waals surface area contributed by atoms with Gasteiger partial charge in [-0.3, -0.25) is 4.79 Å². The van der Waals surface area contributed by atoms with Crippen LogP contribution < -0.4 is 15.4 Å². The Kier molecular flexibility index (Phi) is 5.46. The molecule has 160 valence electrons. The molecule has 0 bridgehead atoms. The maximum Gasteiger partial charge on any atom is 0.280 e. The van der Waals surface area contributed by atoms with Crippen LogP contribution in [0.1, 0.15) is 33.1 Å². The van der Waals surface area contributed by atoms with E-state index in [-0.39, 0.29) is 35.7 Å². The Hall–Kier alpha value is -2.59. The Labute approximate surface area is 174 Å². The van der Waals surface area contributed by atoms with Crippen LogP contribution in [0.4, 0.5) is 13.2 Å². The van der Waals surface area contributed by atoms with Gasteiger partial charge in [0, 0.05) is 11.5 Å². The second kappa shape index (κ2) is 7.92. The van der Waals surface area contributed by atoms with Crippen molar-refractivity contribution in [3.63, 3.8) is 0 Å². The van der Waals surface area contributed by atoms with Crippen molar-refractivity contribution in [1.82, 2.24) is 15.6 Å². The van der Waals surface area contributed by atoms with Gasteiger partial charge in [0.25, 0.3) is 11.8 Å². The van der Waals surface area contributed by atoms with Crippen molar-refractivity contribution in [2.45, 2.75) is 38.8 Å². The van der Waals surface area contributed by atoms with Crippen LogP contribution in [0, 0.1) is 19.7 Å². The van der Waals surface area contributed by atoms with Crippen molar-refractivity contribution >= 4 is 28.2 Å². The summed E-state index contributed by atoms with van der Waals surface area (Å²) in [4.78, 5) is 17.8. The lowest BCUT2D eigenvalue weighted by atomic mass is 10.0. The van der Waals surface area contributed by atoms with Gasteiger partial charge >= 0.3 is 0 Å². The van der Waals surface area contributed by atoms with Gasteiger partial charge in [-0.1, -0.05) is 0 Å². The van der Waals surface area contributed by atoms with Crippen LogP contribution in [0.5, 0.6) is 5.75 Å². The molecule has 3 aromatic rings. The number of carbonyl (C=O) groups excluding carboxylic acids is 1. The van der Waals surface area contributed by atoms with Crippen molar-refractivity contribution in [3.8, 4) is 5.75 Å². The number of halogens is 3. The number of thiazole rings is 1. The molecular weight excluding hydrogens is 419 g/mol. The number of hydrogen-bond donors (Lipinski definition) is 2. The fourth-order valence-electron chi connectivity index (χ4n) is 3.47. The van der Waals surface area contributed by atoms with Gasteiger partial charge in [0.15, 0.2) is 11.6 Å². The summed E-state index contributed by atoms with van der Waals surface area (Å²) < 4.78 is 53.7. The quantitative estimate of drug-likeness (QED) is 0.630. The van der Waals surface area contributed by atoms with Gasteiger partial charge in [-0.15, -0.1) is 11.3 Å². The standard InChI is InChI=1S/C20H20F3N3O3S/c1-10-16(30-9-25-10)7-28-15-5-12-14(6-13(15)21)29-11(2)18(12)19(27)26-17-3-4-24-8-20(17,22)23/h5-6,9,17,24H,3-4,7-8H2,1-2H3,(H,26,27). The highest BCUT2D eigenvalue weighted by molar-refractivity contribution is 7.09. The maximum atomic E-state index is 14.5. The molecule has 4 rings (SSSR count). The number of nitrogens with one attached hydrogen (secondary N) is 2. The molecule has 1 aromatic carbocycles. The number of alkyl halides is 2. The average molecular weight is 439 g/mol. The average Bonchev–Trinajstić information content (AvgIpc) is 3.23. The van der Waals surface area contributed by atoms with Gasteiger partial charge in [-0.25, -0.2) is 18.2 Å². The van der Waals surface area contributed by atoms with Crippen molar-refractivity contribution in [1.29, 1.82) is 0 Å². The minimum absolute atomic E-state index is 0.0580. The molecule has 2 N–H and O–H groups in total. The van der Waals surface area contributed by atoms with E-state index in [4.69, 9.17) is 9.15 Å². The summed E-state index contributed by atoms with van der Waals surface area (Å²) in [5, 5.41) is 5.33. The molecule has 30 heavy (non-hydrogen) atoms. The molecule has 1 saturated heterocycles. The number of benzene rings is 1. The molecule has 0 saturated carbocycles. The van der Waals surface area contributed by atoms with Crippen molar-refractivity contribution in [2.24, 2.45) is 0 Å². The number of ether oxygens (including phenoxy) is 1. The van der Waals surface area contributed by atoms with E-state index in [1.807, 2.05) is 6.92 Å². The third-order valence-corrected chi connectivity index (χ3v) is 6.04. The normalized spacial score (nSPS) is 18.5. The number of piperidine rings is 1.